The minimum absolute atomic E-state index is 0.212. The van der Waals surface area contributed by atoms with Gasteiger partial charge < -0.3 is 14.4 Å². The lowest BCUT2D eigenvalue weighted by atomic mass is 10.0. The molecule has 9 nitrogen and oxygen atoms in total. The molecule has 0 radical (unpaired) electrons. The molecule has 1 aromatic carbocycles. The maximum Gasteiger partial charge on any atom is 0.419 e. The van der Waals surface area contributed by atoms with Gasteiger partial charge >= 0.3 is 6.09 Å². The van der Waals surface area contributed by atoms with Gasteiger partial charge in [0.25, 0.3) is 0 Å². The fourth-order valence-electron chi connectivity index (χ4n) is 4.98. The molecule has 1 unspecified atom stereocenters. The van der Waals surface area contributed by atoms with Crippen LogP contribution in [0.2, 0.25) is 0 Å². The zero-order valence-corrected chi connectivity index (χ0v) is 23.5. The molecule has 4 heterocycles. The third kappa shape index (κ3) is 5.65. The van der Waals surface area contributed by atoms with Crippen molar-refractivity contribution in [3.8, 4) is 28.4 Å². The van der Waals surface area contributed by atoms with E-state index in [0.29, 0.717) is 22.8 Å². The number of carbonyl (C=O) groups excluding carboxylic acids is 1. The van der Waals surface area contributed by atoms with Crippen molar-refractivity contribution in [2.75, 3.05) is 40.3 Å². The van der Waals surface area contributed by atoms with Crippen molar-refractivity contribution >= 4 is 17.0 Å². The molecule has 5 rings (SSSR count). The maximum atomic E-state index is 13.7. The minimum atomic E-state index is -0.668. The summed E-state index contributed by atoms with van der Waals surface area (Å²) in [7, 11) is 3.71. The normalized spacial score (nSPS) is 15.8. The van der Waals surface area contributed by atoms with Crippen LogP contribution in [-0.2, 0) is 4.74 Å². The summed E-state index contributed by atoms with van der Waals surface area (Å²) < 4.78 is 13.1. The van der Waals surface area contributed by atoms with Crippen molar-refractivity contribution in [2.45, 2.75) is 39.3 Å². The Kier molecular flexibility index (Phi) is 7.38. The molecule has 1 atom stereocenters. The highest BCUT2D eigenvalue weighted by atomic mass is 16.6. The number of carbonyl (C=O) groups is 1. The number of fused-ring (bicyclic) bond motifs is 1. The zero-order chi connectivity index (χ0) is 27.7. The Hall–Kier alpha value is -3.82. The second-order valence-electron chi connectivity index (χ2n) is 11.1. The Morgan fingerprint density at radius 3 is 2.36 bits per heavy atom. The highest BCUT2D eigenvalue weighted by molar-refractivity contribution is 5.97. The standard InChI is InChI=1S/C30H36N6O3/c1-20(35-15-13-34(5)14-16-35)22-7-8-23-18-27(36(26(23)17-22)29(37)39-30(2,3)4)24-19-25(32-33-28(24)38-6)21-9-11-31-12-10-21/h7-12,17-20H,13-16H2,1-6H3. The second kappa shape index (κ2) is 10.7. The monoisotopic (exact) mass is 528 g/mol. The van der Waals surface area contributed by atoms with E-state index in [1.807, 2.05) is 45.0 Å². The molecule has 39 heavy (non-hydrogen) atoms. The van der Waals surface area contributed by atoms with E-state index in [9.17, 15) is 4.79 Å². The average Bonchev–Trinajstić information content (AvgIpc) is 3.31. The Bertz CT molecular complexity index is 1470. The summed E-state index contributed by atoms with van der Waals surface area (Å²) in [5, 5.41) is 9.62. The third-order valence-electron chi connectivity index (χ3n) is 7.18. The van der Waals surface area contributed by atoms with Gasteiger partial charge in [0.15, 0.2) is 0 Å². The second-order valence-corrected chi connectivity index (χ2v) is 11.1. The van der Waals surface area contributed by atoms with Crippen LogP contribution < -0.4 is 4.74 Å². The summed E-state index contributed by atoms with van der Waals surface area (Å²) in [5.41, 5.74) is 4.06. The van der Waals surface area contributed by atoms with Crippen LogP contribution in [0.1, 0.15) is 39.3 Å². The smallest absolute Gasteiger partial charge is 0.419 e. The number of methoxy groups -OCH3 is 1. The summed E-state index contributed by atoms with van der Waals surface area (Å²) in [6.45, 7) is 11.9. The third-order valence-corrected chi connectivity index (χ3v) is 7.18. The van der Waals surface area contributed by atoms with Gasteiger partial charge in [-0.1, -0.05) is 12.1 Å². The highest BCUT2D eigenvalue weighted by Crippen LogP contribution is 2.37. The predicted molar refractivity (Wildman–Crippen MR) is 152 cm³/mol. The molecule has 9 heteroatoms. The van der Waals surface area contributed by atoms with E-state index in [0.717, 1.165) is 48.2 Å². The number of hydrogen-bond acceptors (Lipinski definition) is 8. The fraction of sp³-hybridized carbons (Fsp3) is 0.400. The lowest BCUT2D eigenvalue weighted by molar-refractivity contribution is 0.0547. The molecule has 1 saturated heterocycles. The molecule has 3 aromatic heterocycles. The zero-order valence-electron chi connectivity index (χ0n) is 23.5. The van der Waals surface area contributed by atoms with Gasteiger partial charge in [0, 0.05) is 55.6 Å². The molecule has 0 aliphatic carbocycles. The fourth-order valence-corrected chi connectivity index (χ4v) is 4.98. The van der Waals surface area contributed by atoms with Gasteiger partial charge in [0.2, 0.25) is 5.88 Å². The first-order chi connectivity index (χ1) is 18.6. The number of benzene rings is 1. The van der Waals surface area contributed by atoms with E-state index >= 15 is 0 Å². The summed E-state index contributed by atoms with van der Waals surface area (Å²) in [4.78, 5) is 22.7. The number of piperazine rings is 1. The molecule has 0 N–H and O–H groups in total. The van der Waals surface area contributed by atoms with Crippen LogP contribution in [0.5, 0.6) is 5.88 Å². The average molecular weight is 529 g/mol. The van der Waals surface area contributed by atoms with Crippen molar-refractivity contribution in [2.24, 2.45) is 0 Å². The van der Waals surface area contributed by atoms with Gasteiger partial charge in [-0.3, -0.25) is 9.88 Å². The number of pyridine rings is 1. The van der Waals surface area contributed by atoms with Crippen molar-refractivity contribution in [3.63, 3.8) is 0 Å². The van der Waals surface area contributed by atoms with Crippen LogP contribution in [0.25, 0.3) is 33.4 Å². The van der Waals surface area contributed by atoms with Crippen molar-refractivity contribution < 1.29 is 14.3 Å². The number of hydrogen-bond donors (Lipinski definition) is 0. The van der Waals surface area contributed by atoms with Crippen LogP contribution in [-0.4, -0.2) is 81.6 Å². The lowest BCUT2D eigenvalue weighted by Gasteiger charge is -2.36. The summed E-state index contributed by atoms with van der Waals surface area (Å²) >= 11 is 0. The SMILES string of the molecule is COc1nnc(-c2ccncc2)cc1-c1cc2ccc(C(C)N3CCN(C)CC3)cc2n1C(=O)OC(C)(C)C. The van der Waals surface area contributed by atoms with E-state index in [-0.39, 0.29) is 6.04 Å². The van der Waals surface area contributed by atoms with Gasteiger partial charge in [0.1, 0.15) is 5.60 Å². The minimum Gasteiger partial charge on any atom is -0.479 e. The van der Waals surface area contributed by atoms with Gasteiger partial charge in [-0.15, -0.1) is 10.2 Å². The topological polar surface area (TPSA) is 85.6 Å². The quantitative estimate of drug-likeness (QED) is 0.347. The van der Waals surface area contributed by atoms with E-state index < -0.39 is 11.7 Å². The van der Waals surface area contributed by atoms with Crippen LogP contribution in [0.4, 0.5) is 4.79 Å². The first kappa shape index (κ1) is 26.8. The Morgan fingerprint density at radius 1 is 0.974 bits per heavy atom. The molecule has 0 bridgehead atoms. The molecule has 1 fully saturated rings. The largest absolute Gasteiger partial charge is 0.479 e. The summed E-state index contributed by atoms with van der Waals surface area (Å²) in [6, 6.07) is 14.2. The van der Waals surface area contributed by atoms with E-state index in [4.69, 9.17) is 9.47 Å². The molecule has 204 valence electrons. The first-order valence-electron chi connectivity index (χ1n) is 13.3. The lowest BCUT2D eigenvalue weighted by Crippen LogP contribution is -2.45. The molecule has 0 saturated carbocycles. The van der Waals surface area contributed by atoms with Crippen LogP contribution in [0, 0.1) is 0 Å². The molecule has 4 aromatic rings. The number of likely N-dealkylation sites (N-methyl/N-ethyl adjacent to an activating group) is 1. The molecule has 1 aliphatic heterocycles. The Labute approximate surface area is 229 Å². The number of nitrogens with zero attached hydrogens (tertiary/aromatic N) is 6. The van der Waals surface area contributed by atoms with Gasteiger partial charge in [0.05, 0.1) is 29.6 Å². The van der Waals surface area contributed by atoms with E-state index in [1.54, 1.807) is 24.1 Å². The van der Waals surface area contributed by atoms with E-state index in [2.05, 4.69) is 57.2 Å². The maximum absolute atomic E-state index is 13.7. The molecular formula is C30H36N6O3. The number of ether oxygens (including phenoxy) is 2. The number of aromatic nitrogens is 4. The van der Waals surface area contributed by atoms with Crippen molar-refractivity contribution in [1.29, 1.82) is 0 Å². The van der Waals surface area contributed by atoms with Crippen molar-refractivity contribution in [3.05, 3.63) is 60.4 Å². The first-order valence-corrected chi connectivity index (χ1v) is 13.3. The Morgan fingerprint density at radius 2 is 1.69 bits per heavy atom. The van der Waals surface area contributed by atoms with Crippen LogP contribution in [0.3, 0.4) is 0 Å². The molecule has 0 spiro atoms. The van der Waals surface area contributed by atoms with Gasteiger partial charge in [-0.2, -0.15) is 0 Å². The highest BCUT2D eigenvalue weighted by Gasteiger charge is 2.27. The molecule has 1 aliphatic rings. The van der Waals surface area contributed by atoms with Gasteiger partial charge in [-0.25, -0.2) is 9.36 Å². The van der Waals surface area contributed by atoms with Crippen LogP contribution in [0.15, 0.2) is 54.9 Å². The Balaban J connectivity index is 1.66. The molecule has 0 amide bonds. The number of rotatable bonds is 5. The molecular weight excluding hydrogens is 492 g/mol. The van der Waals surface area contributed by atoms with Crippen LogP contribution >= 0.6 is 0 Å². The van der Waals surface area contributed by atoms with Crippen molar-refractivity contribution in [1.82, 2.24) is 29.5 Å². The van der Waals surface area contributed by atoms with E-state index in [1.165, 1.54) is 0 Å². The summed E-state index contributed by atoms with van der Waals surface area (Å²) in [6.07, 6.45) is 2.96. The summed E-state index contributed by atoms with van der Waals surface area (Å²) in [5.74, 6) is 0.325. The predicted octanol–water partition coefficient (Wildman–Crippen LogP) is 5.26. The van der Waals surface area contributed by atoms with Gasteiger partial charge in [-0.05, 0) is 70.6 Å².